The van der Waals surface area contributed by atoms with Crippen LogP contribution in [-0.4, -0.2) is 57.2 Å². The smallest absolute Gasteiger partial charge is 0.260 e. The van der Waals surface area contributed by atoms with Gasteiger partial charge in [0.1, 0.15) is 17.0 Å². The molecule has 3 aromatic rings. The van der Waals surface area contributed by atoms with Crippen molar-refractivity contribution < 1.29 is 14.3 Å². The fourth-order valence-corrected chi connectivity index (χ4v) is 4.20. The fraction of sp³-hybridized carbons (Fsp3) is 0.364. The topological polar surface area (TPSA) is 54.9 Å². The number of anilines is 1. The maximum absolute atomic E-state index is 13.4. The number of thiazole rings is 1. The van der Waals surface area contributed by atoms with Gasteiger partial charge in [0.2, 0.25) is 0 Å². The molecule has 0 unspecified atom stereocenters. The third kappa shape index (κ3) is 4.68. The summed E-state index contributed by atoms with van der Waals surface area (Å²) < 4.78 is 11.8. The van der Waals surface area contributed by atoms with Crippen LogP contribution in [0.15, 0.2) is 36.4 Å². The number of carbonyl (C=O) groups is 1. The Balaban J connectivity index is 2.02. The van der Waals surface area contributed by atoms with Gasteiger partial charge < -0.3 is 14.4 Å². The molecule has 1 heterocycles. The zero-order valence-corrected chi connectivity index (χ0v) is 18.4. The summed E-state index contributed by atoms with van der Waals surface area (Å²) in [6.45, 7) is 3.51. The summed E-state index contributed by atoms with van der Waals surface area (Å²) in [5.74, 6) is 1.29. The summed E-state index contributed by atoms with van der Waals surface area (Å²) in [5.41, 5.74) is 2.49. The molecule has 3 rings (SSSR count). The Morgan fingerprint density at radius 2 is 1.90 bits per heavy atom. The van der Waals surface area contributed by atoms with Crippen molar-refractivity contribution in [2.75, 3.05) is 46.3 Å². The second-order valence-electron chi connectivity index (χ2n) is 7.10. The number of aromatic nitrogens is 1. The highest BCUT2D eigenvalue weighted by atomic mass is 32.1. The van der Waals surface area contributed by atoms with Gasteiger partial charge in [-0.1, -0.05) is 23.5 Å². The van der Waals surface area contributed by atoms with Crippen LogP contribution in [0.1, 0.15) is 22.3 Å². The van der Waals surface area contributed by atoms with Gasteiger partial charge in [-0.05, 0) is 63.8 Å². The molecule has 0 aliphatic heterocycles. The molecule has 0 atom stereocenters. The number of benzene rings is 2. The average molecular weight is 414 g/mol. The molecule has 0 fully saturated rings. The number of ether oxygens (including phenoxy) is 2. The summed E-state index contributed by atoms with van der Waals surface area (Å²) in [6, 6.07) is 11.2. The highest BCUT2D eigenvalue weighted by Gasteiger charge is 2.23. The van der Waals surface area contributed by atoms with E-state index in [1.54, 1.807) is 25.2 Å². The van der Waals surface area contributed by atoms with Crippen LogP contribution in [0.4, 0.5) is 5.13 Å². The van der Waals surface area contributed by atoms with Crippen molar-refractivity contribution in [1.82, 2.24) is 9.88 Å². The van der Waals surface area contributed by atoms with E-state index in [1.165, 1.54) is 11.3 Å². The van der Waals surface area contributed by atoms with Crippen LogP contribution in [0.5, 0.6) is 11.5 Å². The fourth-order valence-electron chi connectivity index (χ4n) is 3.12. The Morgan fingerprint density at radius 3 is 2.59 bits per heavy atom. The third-order valence-corrected chi connectivity index (χ3v) is 5.91. The van der Waals surface area contributed by atoms with Gasteiger partial charge in [0, 0.05) is 12.1 Å². The quantitative estimate of drug-likeness (QED) is 0.553. The highest BCUT2D eigenvalue weighted by Crippen LogP contribution is 2.37. The van der Waals surface area contributed by atoms with Crippen LogP contribution in [0.25, 0.3) is 10.2 Å². The van der Waals surface area contributed by atoms with Crippen LogP contribution in [0.2, 0.25) is 0 Å². The number of aryl methyl sites for hydroxylation is 1. The Morgan fingerprint density at radius 1 is 1.10 bits per heavy atom. The van der Waals surface area contributed by atoms with Crippen molar-refractivity contribution in [2.45, 2.75) is 13.3 Å². The number of fused-ring (bicyclic) bond motifs is 1. The normalized spacial score (nSPS) is 11.1. The number of carbonyl (C=O) groups excluding carboxylic acids is 1. The van der Waals surface area contributed by atoms with E-state index in [-0.39, 0.29) is 5.91 Å². The molecule has 0 aliphatic rings. The number of amides is 1. The summed E-state index contributed by atoms with van der Waals surface area (Å²) in [6.07, 6.45) is 0.842. The minimum absolute atomic E-state index is 0.0849. The molecule has 0 N–H and O–H groups in total. The first-order valence-corrected chi connectivity index (χ1v) is 10.3. The van der Waals surface area contributed by atoms with Gasteiger partial charge >= 0.3 is 0 Å². The molecular formula is C22H27N3O3S. The zero-order valence-electron chi connectivity index (χ0n) is 17.6. The van der Waals surface area contributed by atoms with Crippen molar-refractivity contribution in [1.29, 1.82) is 0 Å². The van der Waals surface area contributed by atoms with E-state index in [0.717, 1.165) is 34.5 Å². The van der Waals surface area contributed by atoms with Crippen molar-refractivity contribution in [3.63, 3.8) is 0 Å². The van der Waals surface area contributed by atoms with Crippen molar-refractivity contribution in [3.8, 4) is 11.5 Å². The second-order valence-corrected chi connectivity index (χ2v) is 8.08. The first kappa shape index (κ1) is 21.1. The first-order chi connectivity index (χ1) is 13.9. The number of hydrogen-bond donors (Lipinski definition) is 0. The standard InChI is InChI=1S/C22H27N3O3S/c1-15-10-11-18(28-5)19-20(15)29-22(23-19)25(13-7-12-24(2)3)21(26)16-8-6-9-17(14-16)27-4/h6,8-11,14H,7,12-13H2,1-5H3. The summed E-state index contributed by atoms with van der Waals surface area (Å²) in [5, 5.41) is 0.680. The maximum atomic E-state index is 13.4. The van der Waals surface area contributed by atoms with E-state index >= 15 is 0 Å². The number of methoxy groups -OCH3 is 2. The molecule has 6 nitrogen and oxygen atoms in total. The Bertz CT molecular complexity index is 1000. The molecule has 0 radical (unpaired) electrons. The van der Waals surface area contributed by atoms with Gasteiger partial charge in [0.05, 0.1) is 18.9 Å². The lowest BCUT2D eigenvalue weighted by Gasteiger charge is -2.21. The molecule has 29 heavy (non-hydrogen) atoms. The molecular weight excluding hydrogens is 386 g/mol. The summed E-state index contributed by atoms with van der Waals surface area (Å²) in [4.78, 5) is 22.1. The Labute approximate surface area is 175 Å². The van der Waals surface area contributed by atoms with E-state index in [4.69, 9.17) is 14.5 Å². The van der Waals surface area contributed by atoms with Gasteiger partial charge in [-0.25, -0.2) is 4.98 Å². The number of hydrogen-bond acceptors (Lipinski definition) is 6. The lowest BCUT2D eigenvalue weighted by molar-refractivity contribution is 0.0985. The molecule has 0 bridgehead atoms. The Kier molecular flexibility index (Phi) is 6.71. The Hall–Kier alpha value is -2.64. The van der Waals surface area contributed by atoms with Crippen molar-refractivity contribution in [2.24, 2.45) is 0 Å². The molecule has 7 heteroatoms. The van der Waals surface area contributed by atoms with Crippen LogP contribution in [0, 0.1) is 6.92 Å². The van der Waals surface area contributed by atoms with E-state index in [2.05, 4.69) is 4.90 Å². The molecule has 0 spiro atoms. The van der Waals surface area contributed by atoms with Crippen molar-refractivity contribution in [3.05, 3.63) is 47.5 Å². The monoisotopic (exact) mass is 413 g/mol. The zero-order chi connectivity index (χ0) is 21.0. The molecule has 1 aromatic heterocycles. The van der Waals surface area contributed by atoms with E-state index in [9.17, 15) is 4.79 Å². The maximum Gasteiger partial charge on any atom is 0.260 e. The lowest BCUT2D eigenvalue weighted by atomic mass is 10.2. The van der Waals surface area contributed by atoms with E-state index in [1.807, 2.05) is 51.4 Å². The predicted molar refractivity (Wildman–Crippen MR) is 119 cm³/mol. The van der Waals surface area contributed by atoms with Crippen LogP contribution < -0.4 is 14.4 Å². The van der Waals surface area contributed by atoms with Gasteiger partial charge in [-0.3, -0.25) is 9.69 Å². The van der Waals surface area contributed by atoms with Gasteiger partial charge in [0.15, 0.2) is 5.13 Å². The van der Waals surface area contributed by atoms with Gasteiger partial charge in [0.25, 0.3) is 5.91 Å². The predicted octanol–water partition coefficient (Wildman–Crippen LogP) is 4.22. The van der Waals surface area contributed by atoms with Crippen LogP contribution >= 0.6 is 11.3 Å². The van der Waals surface area contributed by atoms with Crippen LogP contribution in [0.3, 0.4) is 0 Å². The second kappa shape index (κ2) is 9.24. The first-order valence-electron chi connectivity index (χ1n) is 9.49. The number of nitrogens with zero attached hydrogens (tertiary/aromatic N) is 3. The SMILES string of the molecule is COc1cccc(C(=O)N(CCCN(C)C)c2nc3c(OC)ccc(C)c3s2)c1. The largest absolute Gasteiger partial charge is 0.497 e. The van der Waals surface area contributed by atoms with E-state index < -0.39 is 0 Å². The van der Waals surface area contributed by atoms with Crippen molar-refractivity contribution >= 4 is 32.6 Å². The number of rotatable bonds is 8. The summed E-state index contributed by atoms with van der Waals surface area (Å²) >= 11 is 1.52. The van der Waals surface area contributed by atoms with Gasteiger partial charge in [-0.15, -0.1) is 0 Å². The third-order valence-electron chi connectivity index (χ3n) is 4.69. The molecule has 2 aromatic carbocycles. The molecule has 0 saturated heterocycles. The average Bonchev–Trinajstić information content (AvgIpc) is 3.17. The minimum atomic E-state index is -0.0849. The van der Waals surface area contributed by atoms with E-state index in [0.29, 0.717) is 23.0 Å². The van der Waals surface area contributed by atoms with Gasteiger partial charge in [-0.2, -0.15) is 0 Å². The minimum Gasteiger partial charge on any atom is -0.497 e. The molecule has 0 saturated carbocycles. The summed E-state index contributed by atoms with van der Waals surface area (Å²) in [7, 11) is 7.29. The molecule has 0 aliphatic carbocycles. The highest BCUT2D eigenvalue weighted by molar-refractivity contribution is 7.22. The lowest BCUT2D eigenvalue weighted by Crippen LogP contribution is -2.33. The molecule has 154 valence electrons. The van der Waals surface area contributed by atoms with Crippen LogP contribution in [-0.2, 0) is 0 Å². The molecule has 1 amide bonds.